The summed E-state index contributed by atoms with van der Waals surface area (Å²) in [5, 5.41) is 0. The highest BCUT2D eigenvalue weighted by Gasteiger charge is 2.03. The van der Waals surface area contributed by atoms with Crippen LogP contribution in [0.15, 0.2) is 58.3 Å². The molecule has 0 spiro atoms. The smallest absolute Gasteiger partial charge is 0.141 e. The molecule has 3 heteroatoms. The zero-order chi connectivity index (χ0) is 10.7. The van der Waals surface area contributed by atoms with Crippen LogP contribution < -0.4 is 4.74 Å². The Morgan fingerprint density at radius 1 is 0.800 bits per heavy atom. The first-order valence-electron chi connectivity index (χ1n) is 4.51. The number of ether oxygens (including phenoxy) is 1. The lowest BCUT2D eigenvalue weighted by molar-refractivity contribution is 0.468. The van der Waals surface area contributed by atoms with Crippen LogP contribution >= 0.6 is 25.3 Å². The van der Waals surface area contributed by atoms with Gasteiger partial charge in [-0.1, -0.05) is 24.3 Å². The van der Waals surface area contributed by atoms with E-state index >= 15 is 0 Å². The molecule has 0 aromatic heterocycles. The SMILES string of the molecule is Sc1cccc(Oc2ccccc2)c1S. The summed E-state index contributed by atoms with van der Waals surface area (Å²) in [6, 6.07) is 15.2. The molecule has 0 bridgehead atoms. The van der Waals surface area contributed by atoms with Crippen LogP contribution in [0, 0.1) is 0 Å². The summed E-state index contributed by atoms with van der Waals surface area (Å²) in [4.78, 5) is 1.57. The number of rotatable bonds is 2. The summed E-state index contributed by atoms with van der Waals surface area (Å²) in [6.45, 7) is 0. The van der Waals surface area contributed by atoms with Crippen molar-refractivity contribution in [2.75, 3.05) is 0 Å². The number of hydrogen-bond acceptors (Lipinski definition) is 3. The van der Waals surface area contributed by atoms with E-state index < -0.39 is 0 Å². The average molecular weight is 234 g/mol. The van der Waals surface area contributed by atoms with Crippen LogP contribution in [-0.4, -0.2) is 0 Å². The van der Waals surface area contributed by atoms with Crippen molar-refractivity contribution in [3.63, 3.8) is 0 Å². The second-order valence-electron chi connectivity index (χ2n) is 3.04. The van der Waals surface area contributed by atoms with E-state index in [1.165, 1.54) is 0 Å². The molecule has 0 saturated carbocycles. The minimum absolute atomic E-state index is 0.719. The van der Waals surface area contributed by atoms with Crippen LogP contribution in [0.1, 0.15) is 0 Å². The number of para-hydroxylation sites is 1. The molecule has 2 aromatic carbocycles. The van der Waals surface area contributed by atoms with E-state index in [-0.39, 0.29) is 0 Å². The molecule has 76 valence electrons. The first kappa shape index (κ1) is 10.5. The maximum atomic E-state index is 5.66. The van der Waals surface area contributed by atoms with Gasteiger partial charge in [-0.15, -0.1) is 25.3 Å². The van der Waals surface area contributed by atoms with Crippen LogP contribution in [-0.2, 0) is 0 Å². The van der Waals surface area contributed by atoms with Crippen molar-refractivity contribution in [3.05, 3.63) is 48.5 Å². The monoisotopic (exact) mass is 234 g/mol. The molecule has 0 aliphatic heterocycles. The van der Waals surface area contributed by atoms with E-state index in [1.54, 1.807) is 0 Å². The Bertz CT molecular complexity index is 454. The molecule has 1 nitrogen and oxygen atoms in total. The largest absolute Gasteiger partial charge is 0.456 e. The highest BCUT2D eigenvalue weighted by molar-refractivity contribution is 7.83. The van der Waals surface area contributed by atoms with Crippen molar-refractivity contribution in [2.24, 2.45) is 0 Å². The lowest BCUT2D eigenvalue weighted by Crippen LogP contribution is -1.85. The summed E-state index contributed by atoms with van der Waals surface area (Å²) in [7, 11) is 0. The van der Waals surface area contributed by atoms with Crippen molar-refractivity contribution in [2.45, 2.75) is 9.79 Å². The van der Waals surface area contributed by atoms with Crippen molar-refractivity contribution in [3.8, 4) is 11.5 Å². The van der Waals surface area contributed by atoms with Gasteiger partial charge < -0.3 is 4.74 Å². The summed E-state index contributed by atoms with van der Waals surface area (Å²) < 4.78 is 5.66. The molecule has 0 heterocycles. The van der Waals surface area contributed by atoms with E-state index in [0.29, 0.717) is 0 Å². The molecule has 2 aromatic rings. The first-order chi connectivity index (χ1) is 7.27. The minimum atomic E-state index is 0.719. The molecule has 0 N–H and O–H groups in total. The average Bonchev–Trinajstić information content (AvgIpc) is 2.26. The minimum Gasteiger partial charge on any atom is -0.456 e. The van der Waals surface area contributed by atoms with E-state index in [4.69, 9.17) is 4.74 Å². The highest BCUT2D eigenvalue weighted by atomic mass is 32.1. The summed E-state index contributed by atoms with van der Waals surface area (Å²) >= 11 is 8.62. The lowest BCUT2D eigenvalue weighted by Gasteiger charge is -2.08. The molecule has 0 radical (unpaired) electrons. The van der Waals surface area contributed by atoms with Gasteiger partial charge in [0.15, 0.2) is 0 Å². The topological polar surface area (TPSA) is 9.23 Å². The van der Waals surface area contributed by atoms with Gasteiger partial charge >= 0.3 is 0 Å². The molecule has 15 heavy (non-hydrogen) atoms. The van der Waals surface area contributed by atoms with Crippen LogP contribution in [0.25, 0.3) is 0 Å². The van der Waals surface area contributed by atoms with Crippen molar-refractivity contribution >= 4 is 25.3 Å². The van der Waals surface area contributed by atoms with E-state index in [2.05, 4.69) is 25.3 Å². The number of benzene rings is 2. The Morgan fingerprint density at radius 2 is 1.53 bits per heavy atom. The quantitative estimate of drug-likeness (QED) is 0.745. The Morgan fingerprint density at radius 3 is 2.27 bits per heavy atom. The molecule has 0 unspecified atom stereocenters. The molecule has 0 aliphatic carbocycles. The number of thiol groups is 2. The van der Waals surface area contributed by atoms with Crippen LogP contribution in [0.5, 0.6) is 11.5 Å². The zero-order valence-electron chi connectivity index (χ0n) is 7.92. The molecular weight excluding hydrogens is 224 g/mol. The summed E-state index contributed by atoms with van der Waals surface area (Å²) in [6.07, 6.45) is 0. The van der Waals surface area contributed by atoms with Gasteiger partial charge in [-0.05, 0) is 24.3 Å². The second-order valence-corrected chi connectivity index (χ2v) is 3.97. The third-order valence-corrected chi connectivity index (χ3v) is 2.96. The highest BCUT2D eigenvalue weighted by Crippen LogP contribution is 2.31. The first-order valence-corrected chi connectivity index (χ1v) is 5.40. The third kappa shape index (κ3) is 2.49. The summed E-state index contributed by atoms with van der Waals surface area (Å²) in [5.74, 6) is 1.52. The third-order valence-electron chi connectivity index (χ3n) is 1.95. The van der Waals surface area contributed by atoms with Gasteiger partial charge in [-0.2, -0.15) is 0 Å². The fourth-order valence-corrected chi connectivity index (χ4v) is 1.60. The molecule has 0 amide bonds. The predicted octanol–water partition coefficient (Wildman–Crippen LogP) is 4.06. The fraction of sp³-hybridized carbons (Fsp3) is 0. The fourth-order valence-electron chi connectivity index (χ4n) is 1.21. The van der Waals surface area contributed by atoms with Crippen molar-refractivity contribution in [1.29, 1.82) is 0 Å². The van der Waals surface area contributed by atoms with Gasteiger partial charge in [0.25, 0.3) is 0 Å². The van der Waals surface area contributed by atoms with Crippen molar-refractivity contribution < 1.29 is 4.74 Å². The van der Waals surface area contributed by atoms with Gasteiger partial charge in [0.2, 0.25) is 0 Å². The van der Waals surface area contributed by atoms with E-state index in [0.717, 1.165) is 21.3 Å². The molecule has 0 saturated heterocycles. The standard InChI is InChI=1S/C12H10OS2/c14-11-8-4-7-10(12(11)15)13-9-5-2-1-3-6-9/h1-8,14-15H. The maximum Gasteiger partial charge on any atom is 0.141 e. The van der Waals surface area contributed by atoms with Gasteiger partial charge in [0.1, 0.15) is 11.5 Å². The molecule has 2 rings (SSSR count). The van der Waals surface area contributed by atoms with Crippen molar-refractivity contribution in [1.82, 2.24) is 0 Å². The maximum absolute atomic E-state index is 5.66. The van der Waals surface area contributed by atoms with E-state index in [9.17, 15) is 0 Å². The second kappa shape index (κ2) is 4.64. The Balaban J connectivity index is 2.29. The normalized spacial score (nSPS) is 10.0. The van der Waals surface area contributed by atoms with Gasteiger partial charge in [0, 0.05) is 4.90 Å². The lowest BCUT2D eigenvalue weighted by atomic mass is 10.3. The zero-order valence-corrected chi connectivity index (χ0v) is 9.71. The molecular formula is C12H10OS2. The van der Waals surface area contributed by atoms with Crippen LogP contribution in [0.4, 0.5) is 0 Å². The molecule has 0 atom stereocenters. The van der Waals surface area contributed by atoms with Gasteiger partial charge in [-0.3, -0.25) is 0 Å². The van der Waals surface area contributed by atoms with Gasteiger partial charge in [0.05, 0.1) is 4.90 Å². The predicted molar refractivity (Wildman–Crippen MR) is 67.5 cm³/mol. The Kier molecular flexibility index (Phi) is 3.23. The Hall–Kier alpha value is -1.06. The molecule has 0 fully saturated rings. The summed E-state index contributed by atoms with van der Waals surface area (Å²) in [5.41, 5.74) is 0. The van der Waals surface area contributed by atoms with Gasteiger partial charge in [-0.25, -0.2) is 0 Å². The number of hydrogen-bond donors (Lipinski definition) is 2. The van der Waals surface area contributed by atoms with Crippen LogP contribution in [0.2, 0.25) is 0 Å². The van der Waals surface area contributed by atoms with Crippen LogP contribution in [0.3, 0.4) is 0 Å². The Labute approximate surface area is 99.9 Å². The molecule has 0 aliphatic rings. The van der Waals surface area contributed by atoms with E-state index in [1.807, 2.05) is 48.5 Å².